The van der Waals surface area contributed by atoms with Crippen LogP contribution in [0.1, 0.15) is 12.1 Å². The molecule has 0 bridgehead atoms. The average molecular weight is 269 g/mol. The summed E-state index contributed by atoms with van der Waals surface area (Å²) >= 11 is 0. The number of aryl methyl sites for hydroxylation is 2. The van der Waals surface area contributed by atoms with Crippen molar-refractivity contribution in [1.82, 2.24) is 15.1 Å². The van der Waals surface area contributed by atoms with Crippen LogP contribution in [0.3, 0.4) is 0 Å². The molecule has 1 rings (SSSR count). The summed E-state index contributed by atoms with van der Waals surface area (Å²) in [6.07, 6.45) is -0.482. The summed E-state index contributed by atoms with van der Waals surface area (Å²) in [5, 5.41) is 17.3. The van der Waals surface area contributed by atoms with E-state index in [-0.39, 0.29) is 5.82 Å². The fourth-order valence-electron chi connectivity index (χ4n) is 1.33. The third-order valence-electron chi connectivity index (χ3n) is 2.36. The summed E-state index contributed by atoms with van der Waals surface area (Å²) in [5.41, 5.74) is 5.71. The summed E-state index contributed by atoms with van der Waals surface area (Å²) in [7, 11) is 1.70. The van der Waals surface area contributed by atoms with E-state index >= 15 is 0 Å². The lowest BCUT2D eigenvalue weighted by molar-refractivity contribution is -0.140. The number of carbonyl (C=O) groups is 3. The van der Waals surface area contributed by atoms with Gasteiger partial charge in [0.1, 0.15) is 6.04 Å². The Balaban J connectivity index is 2.62. The van der Waals surface area contributed by atoms with Gasteiger partial charge in [0.15, 0.2) is 5.82 Å². The molecule has 1 atom stereocenters. The molecule has 1 heterocycles. The molecule has 5 N–H and O–H groups in total. The Hall–Kier alpha value is -2.58. The van der Waals surface area contributed by atoms with E-state index in [2.05, 4.69) is 15.7 Å². The monoisotopic (exact) mass is 269 g/mol. The van der Waals surface area contributed by atoms with Gasteiger partial charge in [0.2, 0.25) is 5.91 Å². The van der Waals surface area contributed by atoms with Crippen molar-refractivity contribution in [3.63, 3.8) is 0 Å². The van der Waals surface area contributed by atoms with Gasteiger partial charge in [-0.3, -0.25) is 14.8 Å². The summed E-state index contributed by atoms with van der Waals surface area (Å²) < 4.78 is 1.55. The highest BCUT2D eigenvalue weighted by molar-refractivity contribution is 5.93. The molecule has 0 aliphatic rings. The molecule has 1 aromatic rings. The number of primary amides is 1. The number of nitrogens with two attached hydrogens (primary N) is 1. The van der Waals surface area contributed by atoms with Gasteiger partial charge in [-0.15, -0.1) is 0 Å². The van der Waals surface area contributed by atoms with Gasteiger partial charge in [-0.2, -0.15) is 5.10 Å². The Bertz CT molecular complexity index is 491. The van der Waals surface area contributed by atoms with Crippen molar-refractivity contribution in [2.45, 2.75) is 19.4 Å². The highest BCUT2D eigenvalue weighted by Gasteiger charge is 2.22. The fraction of sp³-hybridized carbons (Fsp3) is 0.400. The topological polar surface area (TPSA) is 139 Å². The number of hydrogen-bond donors (Lipinski definition) is 4. The van der Waals surface area contributed by atoms with E-state index in [1.54, 1.807) is 24.7 Å². The molecule has 0 aromatic carbocycles. The SMILES string of the molecule is Cc1cc(NC(=O)N[C@@H](CC(N)=O)C(=O)O)nn1C. The number of carbonyl (C=O) groups excluding carboxylic acids is 2. The molecule has 9 heteroatoms. The lowest BCUT2D eigenvalue weighted by Gasteiger charge is -2.12. The highest BCUT2D eigenvalue weighted by atomic mass is 16.4. The van der Waals surface area contributed by atoms with Crippen LogP contribution in [0.4, 0.5) is 10.6 Å². The smallest absolute Gasteiger partial charge is 0.326 e. The Morgan fingerprint density at radius 1 is 1.53 bits per heavy atom. The van der Waals surface area contributed by atoms with Crippen molar-refractivity contribution in [3.8, 4) is 0 Å². The Morgan fingerprint density at radius 2 is 2.16 bits per heavy atom. The van der Waals surface area contributed by atoms with Crippen LogP contribution in [0.5, 0.6) is 0 Å². The van der Waals surface area contributed by atoms with E-state index in [4.69, 9.17) is 10.8 Å². The summed E-state index contributed by atoms with van der Waals surface area (Å²) in [4.78, 5) is 33.0. The molecule has 104 valence electrons. The zero-order valence-corrected chi connectivity index (χ0v) is 10.5. The predicted molar refractivity (Wildman–Crippen MR) is 65.3 cm³/mol. The van der Waals surface area contributed by atoms with Crippen molar-refractivity contribution in [3.05, 3.63) is 11.8 Å². The first-order valence-corrected chi connectivity index (χ1v) is 5.39. The molecule has 9 nitrogen and oxygen atoms in total. The average Bonchev–Trinajstić information content (AvgIpc) is 2.55. The molecule has 0 fully saturated rings. The third kappa shape index (κ3) is 4.30. The van der Waals surface area contributed by atoms with E-state index in [0.29, 0.717) is 0 Å². The summed E-state index contributed by atoms with van der Waals surface area (Å²) in [5.74, 6) is -1.88. The second-order valence-electron chi connectivity index (χ2n) is 3.95. The molecular formula is C10H15N5O4. The van der Waals surface area contributed by atoms with Crippen LogP contribution in [0.25, 0.3) is 0 Å². The summed E-state index contributed by atoms with van der Waals surface area (Å²) in [6.45, 7) is 1.79. The number of amides is 3. The van der Waals surface area contributed by atoms with Crippen molar-refractivity contribution >= 4 is 23.7 Å². The molecule has 0 radical (unpaired) electrons. The number of carboxylic acid groups (broad SMARTS) is 1. The first kappa shape index (κ1) is 14.5. The predicted octanol–water partition coefficient (Wildman–Crippen LogP) is -0.821. The number of nitrogens with one attached hydrogen (secondary N) is 2. The van der Waals surface area contributed by atoms with Gasteiger partial charge in [-0.25, -0.2) is 9.59 Å². The number of urea groups is 1. The molecule has 1 aromatic heterocycles. The van der Waals surface area contributed by atoms with Gasteiger partial charge in [-0.1, -0.05) is 0 Å². The van der Waals surface area contributed by atoms with Gasteiger partial charge in [-0.05, 0) is 6.92 Å². The van der Waals surface area contributed by atoms with Crippen molar-refractivity contribution < 1.29 is 19.5 Å². The van der Waals surface area contributed by atoms with Gasteiger partial charge in [0.05, 0.1) is 6.42 Å². The second-order valence-corrected chi connectivity index (χ2v) is 3.95. The van der Waals surface area contributed by atoms with E-state index in [1.807, 2.05) is 0 Å². The van der Waals surface area contributed by atoms with E-state index in [0.717, 1.165) is 5.69 Å². The normalized spacial score (nSPS) is 11.7. The Kier molecular flexibility index (Phi) is 4.46. The number of aliphatic carboxylic acids is 1. The zero-order chi connectivity index (χ0) is 14.6. The fourth-order valence-corrected chi connectivity index (χ4v) is 1.33. The zero-order valence-electron chi connectivity index (χ0n) is 10.5. The largest absolute Gasteiger partial charge is 0.480 e. The lowest BCUT2D eigenvalue weighted by Crippen LogP contribution is -2.45. The number of carboxylic acids is 1. The second kappa shape index (κ2) is 5.85. The molecule has 0 saturated carbocycles. The number of anilines is 1. The van der Waals surface area contributed by atoms with Crippen LogP contribution in [-0.4, -0.2) is 38.8 Å². The summed E-state index contributed by atoms with van der Waals surface area (Å²) in [6, 6.07) is -0.530. The number of nitrogens with zero attached hydrogens (tertiary/aromatic N) is 2. The van der Waals surface area contributed by atoms with Crippen LogP contribution in [-0.2, 0) is 16.6 Å². The maximum Gasteiger partial charge on any atom is 0.326 e. The van der Waals surface area contributed by atoms with E-state index < -0.39 is 30.4 Å². The quantitative estimate of drug-likeness (QED) is 0.553. The van der Waals surface area contributed by atoms with Gasteiger partial charge < -0.3 is 16.2 Å². The standard InChI is InChI=1S/C10H15N5O4/c1-5-3-8(14-15(5)2)13-10(19)12-6(9(17)18)4-7(11)16/h3,6H,4H2,1-2H3,(H2,11,16)(H,17,18)(H2,12,13,14,19)/t6-/m0/s1. The van der Waals surface area contributed by atoms with Gasteiger partial charge in [0, 0.05) is 18.8 Å². The first-order chi connectivity index (χ1) is 8.79. The highest BCUT2D eigenvalue weighted by Crippen LogP contribution is 2.06. The lowest BCUT2D eigenvalue weighted by atomic mass is 10.2. The minimum absolute atomic E-state index is 0.278. The Morgan fingerprint density at radius 3 is 2.58 bits per heavy atom. The van der Waals surface area contributed by atoms with E-state index in [9.17, 15) is 14.4 Å². The number of aromatic nitrogens is 2. The Labute approximate surface area is 108 Å². The van der Waals surface area contributed by atoms with Crippen molar-refractivity contribution in [2.24, 2.45) is 12.8 Å². The minimum Gasteiger partial charge on any atom is -0.480 e. The molecule has 0 aliphatic heterocycles. The number of rotatable bonds is 5. The van der Waals surface area contributed by atoms with Crippen LogP contribution in [0.2, 0.25) is 0 Å². The van der Waals surface area contributed by atoms with Crippen molar-refractivity contribution in [1.29, 1.82) is 0 Å². The van der Waals surface area contributed by atoms with Gasteiger partial charge in [0.25, 0.3) is 0 Å². The molecule has 0 saturated heterocycles. The maximum atomic E-state index is 11.5. The van der Waals surface area contributed by atoms with E-state index in [1.165, 1.54) is 0 Å². The van der Waals surface area contributed by atoms with Crippen LogP contribution in [0.15, 0.2) is 6.07 Å². The first-order valence-electron chi connectivity index (χ1n) is 5.39. The minimum atomic E-state index is -1.37. The molecule has 3 amide bonds. The third-order valence-corrected chi connectivity index (χ3v) is 2.36. The van der Waals surface area contributed by atoms with Crippen LogP contribution >= 0.6 is 0 Å². The number of hydrogen-bond acceptors (Lipinski definition) is 4. The molecule has 0 aliphatic carbocycles. The van der Waals surface area contributed by atoms with Crippen LogP contribution < -0.4 is 16.4 Å². The van der Waals surface area contributed by atoms with Crippen LogP contribution in [0, 0.1) is 6.92 Å². The maximum absolute atomic E-state index is 11.5. The van der Waals surface area contributed by atoms with Gasteiger partial charge >= 0.3 is 12.0 Å². The molecule has 19 heavy (non-hydrogen) atoms. The molecule has 0 spiro atoms. The van der Waals surface area contributed by atoms with Crippen molar-refractivity contribution in [2.75, 3.05) is 5.32 Å². The molecular weight excluding hydrogens is 254 g/mol. The molecule has 0 unspecified atom stereocenters.